The number of hydrogen-bond acceptors (Lipinski definition) is 4. The molecule has 0 radical (unpaired) electrons. The van der Waals surface area contributed by atoms with E-state index in [1.165, 1.54) is 0 Å². The molecule has 0 aliphatic heterocycles. The molecule has 7 nitrogen and oxygen atoms in total. The molecule has 3 atom stereocenters. The quantitative estimate of drug-likeness (QED) is 0.735. The van der Waals surface area contributed by atoms with Crippen LogP contribution in [-0.4, -0.2) is 41.7 Å². The standard InChI is InChI=1S/C20H32N4O3/c1-13-7-6-10-21-16(13)12-22-18(25)14-8-9-17(27-5)15(11-14)23-19(26)24-20(2,3)4/h6-7,10,14-15,17H,8-9,11-12H2,1-5H3,(H,22,25)(H2,23,24,26)/t14-,15+,17+/m0/s1. The van der Waals surface area contributed by atoms with E-state index < -0.39 is 0 Å². The number of hydrogen-bond donors (Lipinski definition) is 3. The summed E-state index contributed by atoms with van der Waals surface area (Å²) in [5.74, 6) is -0.155. The Balaban J connectivity index is 1.93. The zero-order valence-electron chi connectivity index (χ0n) is 17.0. The van der Waals surface area contributed by atoms with E-state index in [-0.39, 0.29) is 35.5 Å². The molecule has 3 N–H and O–H groups in total. The molecule has 1 fully saturated rings. The molecule has 0 bridgehead atoms. The van der Waals surface area contributed by atoms with Gasteiger partial charge >= 0.3 is 6.03 Å². The fourth-order valence-electron chi connectivity index (χ4n) is 3.38. The number of aromatic nitrogens is 1. The normalized spacial score (nSPS) is 22.8. The van der Waals surface area contributed by atoms with Crippen molar-refractivity contribution in [2.75, 3.05) is 7.11 Å². The van der Waals surface area contributed by atoms with Gasteiger partial charge in [0.2, 0.25) is 5.91 Å². The number of carbonyl (C=O) groups excluding carboxylic acids is 2. The predicted molar refractivity (Wildman–Crippen MR) is 104 cm³/mol. The summed E-state index contributed by atoms with van der Waals surface area (Å²) in [6.45, 7) is 8.18. The van der Waals surface area contributed by atoms with Gasteiger partial charge in [0.25, 0.3) is 0 Å². The van der Waals surface area contributed by atoms with Gasteiger partial charge in [0.05, 0.1) is 24.4 Å². The Hall–Kier alpha value is -2.15. The molecular formula is C20H32N4O3. The Morgan fingerprint density at radius 1 is 1.30 bits per heavy atom. The van der Waals surface area contributed by atoms with Crippen LogP contribution in [0.5, 0.6) is 0 Å². The van der Waals surface area contributed by atoms with Gasteiger partial charge in [-0.2, -0.15) is 0 Å². The average Bonchev–Trinajstić information content (AvgIpc) is 2.59. The maximum absolute atomic E-state index is 12.6. The number of methoxy groups -OCH3 is 1. The number of urea groups is 1. The Morgan fingerprint density at radius 2 is 2.04 bits per heavy atom. The van der Waals surface area contributed by atoms with Crippen molar-refractivity contribution < 1.29 is 14.3 Å². The lowest BCUT2D eigenvalue weighted by Crippen LogP contribution is -2.55. The summed E-state index contributed by atoms with van der Waals surface area (Å²) in [5.41, 5.74) is 1.61. The molecule has 0 unspecified atom stereocenters. The summed E-state index contributed by atoms with van der Waals surface area (Å²) in [4.78, 5) is 29.2. The van der Waals surface area contributed by atoms with Crippen LogP contribution in [0.25, 0.3) is 0 Å². The number of aryl methyl sites for hydroxylation is 1. The molecule has 27 heavy (non-hydrogen) atoms. The van der Waals surface area contributed by atoms with Crippen LogP contribution in [0.1, 0.15) is 51.3 Å². The van der Waals surface area contributed by atoms with Crippen molar-refractivity contribution in [1.82, 2.24) is 20.9 Å². The fourth-order valence-corrected chi connectivity index (χ4v) is 3.38. The minimum absolute atomic E-state index is 0.00219. The van der Waals surface area contributed by atoms with E-state index in [0.717, 1.165) is 24.1 Å². The SMILES string of the molecule is CO[C@@H]1CC[C@H](C(=O)NCc2ncccc2C)C[C@H]1NC(=O)NC(C)(C)C. The molecule has 3 amide bonds. The summed E-state index contributed by atoms with van der Waals surface area (Å²) in [6.07, 6.45) is 3.68. The fraction of sp³-hybridized carbons (Fsp3) is 0.650. The van der Waals surface area contributed by atoms with Crippen molar-refractivity contribution in [3.63, 3.8) is 0 Å². The van der Waals surface area contributed by atoms with E-state index in [1.807, 2.05) is 39.8 Å². The van der Waals surface area contributed by atoms with Crippen molar-refractivity contribution in [2.45, 2.75) is 71.2 Å². The van der Waals surface area contributed by atoms with Gasteiger partial charge in [-0.1, -0.05) is 6.07 Å². The van der Waals surface area contributed by atoms with Gasteiger partial charge in [0.1, 0.15) is 0 Å². The third-order valence-corrected chi connectivity index (χ3v) is 4.81. The highest BCUT2D eigenvalue weighted by atomic mass is 16.5. The van der Waals surface area contributed by atoms with Crippen LogP contribution in [0.3, 0.4) is 0 Å². The molecule has 0 spiro atoms. The molecule has 1 heterocycles. The van der Waals surface area contributed by atoms with Crippen molar-refractivity contribution in [3.05, 3.63) is 29.6 Å². The first-order valence-corrected chi connectivity index (χ1v) is 9.49. The molecule has 1 aromatic heterocycles. The van der Waals surface area contributed by atoms with Crippen LogP contribution in [0, 0.1) is 12.8 Å². The summed E-state index contributed by atoms with van der Waals surface area (Å²) < 4.78 is 5.52. The Morgan fingerprint density at radius 3 is 2.67 bits per heavy atom. The van der Waals surface area contributed by atoms with Crippen LogP contribution in [-0.2, 0) is 16.1 Å². The highest BCUT2D eigenvalue weighted by molar-refractivity contribution is 5.79. The second-order valence-corrected chi connectivity index (χ2v) is 8.22. The molecule has 1 aromatic rings. The van der Waals surface area contributed by atoms with Gasteiger partial charge in [0, 0.05) is 24.8 Å². The zero-order valence-corrected chi connectivity index (χ0v) is 17.0. The van der Waals surface area contributed by atoms with Crippen molar-refractivity contribution in [2.24, 2.45) is 5.92 Å². The molecule has 0 saturated heterocycles. The van der Waals surface area contributed by atoms with Crippen LogP contribution in [0.4, 0.5) is 4.79 Å². The van der Waals surface area contributed by atoms with E-state index in [2.05, 4.69) is 20.9 Å². The van der Waals surface area contributed by atoms with Gasteiger partial charge in [0.15, 0.2) is 0 Å². The molecule has 1 saturated carbocycles. The van der Waals surface area contributed by atoms with E-state index in [1.54, 1.807) is 13.3 Å². The van der Waals surface area contributed by atoms with Crippen LogP contribution < -0.4 is 16.0 Å². The molecule has 0 aromatic carbocycles. The predicted octanol–water partition coefficient (Wildman–Crippen LogP) is 2.29. The van der Waals surface area contributed by atoms with Crippen molar-refractivity contribution >= 4 is 11.9 Å². The second kappa shape index (κ2) is 9.17. The third-order valence-electron chi connectivity index (χ3n) is 4.81. The molecule has 2 rings (SSSR count). The molecular weight excluding hydrogens is 344 g/mol. The summed E-state index contributed by atoms with van der Waals surface area (Å²) >= 11 is 0. The van der Waals surface area contributed by atoms with Crippen LogP contribution in [0.2, 0.25) is 0 Å². The third kappa shape index (κ3) is 6.50. The van der Waals surface area contributed by atoms with Gasteiger partial charge in [-0.25, -0.2) is 4.79 Å². The van der Waals surface area contributed by atoms with Crippen LogP contribution >= 0.6 is 0 Å². The maximum atomic E-state index is 12.6. The smallest absolute Gasteiger partial charge is 0.315 e. The van der Waals surface area contributed by atoms with Crippen molar-refractivity contribution in [3.8, 4) is 0 Å². The van der Waals surface area contributed by atoms with E-state index in [9.17, 15) is 9.59 Å². The minimum Gasteiger partial charge on any atom is -0.379 e. The number of nitrogens with one attached hydrogen (secondary N) is 3. The molecule has 1 aliphatic rings. The van der Waals surface area contributed by atoms with Gasteiger partial charge in [-0.05, 0) is 58.6 Å². The first-order valence-electron chi connectivity index (χ1n) is 9.49. The van der Waals surface area contributed by atoms with Gasteiger partial charge in [-0.15, -0.1) is 0 Å². The Labute approximate surface area is 161 Å². The van der Waals surface area contributed by atoms with Gasteiger partial charge < -0.3 is 20.7 Å². The maximum Gasteiger partial charge on any atom is 0.315 e. The average molecular weight is 377 g/mol. The number of amides is 3. The molecule has 7 heteroatoms. The minimum atomic E-state index is -0.321. The second-order valence-electron chi connectivity index (χ2n) is 8.22. The largest absolute Gasteiger partial charge is 0.379 e. The Bertz CT molecular complexity index is 657. The summed E-state index contributed by atoms with van der Waals surface area (Å²) in [5, 5.41) is 8.85. The Kier molecular flexibility index (Phi) is 7.18. The van der Waals surface area contributed by atoms with E-state index >= 15 is 0 Å². The number of ether oxygens (including phenoxy) is 1. The monoisotopic (exact) mass is 376 g/mol. The number of pyridine rings is 1. The van der Waals surface area contributed by atoms with Crippen LogP contribution in [0.15, 0.2) is 18.3 Å². The summed E-state index contributed by atoms with van der Waals surface area (Å²) in [7, 11) is 1.64. The number of nitrogens with zero attached hydrogens (tertiary/aromatic N) is 1. The van der Waals surface area contributed by atoms with E-state index in [4.69, 9.17) is 4.74 Å². The lowest BCUT2D eigenvalue weighted by Gasteiger charge is -2.35. The number of carbonyl (C=O) groups is 2. The molecule has 150 valence electrons. The first kappa shape index (κ1) is 21.2. The van der Waals surface area contributed by atoms with Crippen molar-refractivity contribution in [1.29, 1.82) is 0 Å². The zero-order chi connectivity index (χ0) is 20.0. The highest BCUT2D eigenvalue weighted by Gasteiger charge is 2.35. The lowest BCUT2D eigenvalue weighted by atomic mass is 9.83. The first-order chi connectivity index (χ1) is 12.7. The van der Waals surface area contributed by atoms with E-state index in [0.29, 0.717) is 13.0 Å². The summed E-state index contributed by atoms with van der Waals surface area (Å²) in [6, 6.07) is 3.43. The highest BCUT2D eigenvalue weighted by Crippen LogP contribution is 2.27. The topological polar surface area (TPSA) is 92.3 Å². The van der Waals surface area contributed by atoms with Gasteiger partial charge in [-0.3, -0.25) is 9.78 Å². The molecule has 1 aliphatic carbocycles. The number of rotatable bonds is 5. The lowest BCUT2D eigenvalue weighted by molar-refractivity contribution is -0.127.